The predicted octanol–water partition coefficient (Wildman–Crippen LogP) is 6.93. The van der Waals surface area contributed by atoms with Crippen LogP contribution in [0.2, 0.25) is 0 Å². The second-order valence-electron chi connectivity index (χ2n) is 4.85. The maximum atomic E-state index is 2.29. The molecule has 20 heavy (non-hydrogen) atoms. The molecule has 0 fully saturated rings. The van der Waals surface area contributed by atoms with Gasteiger partial charge in [-0.05, 0) is 38.5 Å². The lowest BCUT2D eigenvalue weighted by Crippen LogP contribution is -1.67. The average molecular weight is 272 g/mol. The number of hydrogen-bond acceptors (Lipinski definition) is 0. The number of unbranched alkanes of at least 4 members (excludes halogenated alkanes) is 2. The lowest BCUT2D eigenvalue weighted by Gasteiger charge is -1.87. The van der Waals surface area contributed by atoms with Crippen molar-refractivity contribution in [2.75, 3.05) is 0 Å². The van der Waals surface area contributed by atoms with Crippen LogP contribution in [0, 0.1) is 0 Å². The molecule has 0 aromatic rings. The minimum absolute atomic E-state index is 1.05. The van der Waals surface area contributed by atoms with E-state index in [2.05, 4.69) is 74.6 Å². The Hall–Kier alpha value is -1.30. The van der Waals surface area contributed by atoms with E-state index in [4.69, 9.17) is 0 Å². The van der Waals surface area contributed by atoms with Gasteiger partial charge in [0.2, 0.25) is 0 Å². The zero-order valence-corrected chi connectivity index (χ0v) is 13.4. The van der Waals surface area contributed by atoms with Gasteiger partial charge in [0.15, 0.2) is 0 Å². The fourth-order valence-electron chi connectivity index (χ4n) is 1.69. The van der Waals surface area contributed by atoms with Gasteiger partial charge in [0.05, 0.1) is 0 Å². The van der Waals surface area contributed by atoms with E-state index in [1.165, 1.54) is 19.3 Å². The van der Waals surface area contributed by atoms with Gasteiger partial charge in [0.25, 0.3) is 0 Å². The summed E-state index contributed by atoms with van der Waals surface area (Å²) in [5.74, 6) is 0. The molecule has 0 N–H and O–H groups in total. The van der Waals surface area contributed by atoms with E-state index >= 15 is 0 Å². The normalized spacial score (nSPS) is 13.1. The van der Waals surface area contributed by atoms with Crippen LogP contribution < -0.4 is 0 Å². The second-order valence-corrected chi connectivity index (χ2v) is 4.85. The molecule has 0 aromatic heterocycles. The Morgan fingerprint density at radius 1 is 0.500 bits per heavy atom. The number of hydrogen-bond donors (Lipinski definition) is 0. The summed E-state index contributed by atoms with van der Waals surface area (Å²) >= 11 is 0. The van der Waals surface area contributed by atoms with Crippen molar-refractivity contribution in [3.63, 3.8) is 0 Å². The first-order chi connectivity index (χ1) is 9.91. The third-order valence-corrected chi connectivity index (χ3v) is 2.88. The van der Waals surface area contributed by atoms with Gasteiger partial charge >= 0.3 is 0 Å². The van der Waals surface area contributed by atoms with Gasteiger partial charge < -0.3 is 0 Å². The molecule has 0 saturated carbocycles. The van der Waals surface area contributed by atoms with E-state index in [9.17, 15) is 0 Å². The summed E-state index contributed by atoms with van der Waals surface area (Å²) in [6.45, 7) is 4.40. The van der Waals surface area contributed by atoms with Crippen molar-refractivity contribution in [3.8, 4) is 0 Å². The zero-order chi connectivity index (χ0) is 14.7. The maximum Gasteiger partial charge on any atom is -0.0169 e. The standard InChI is InChI=1S/C20H32/c1-3-5-7-9-11-13-15-17-19-20-18-16-14-12-10-8-6-4-2/h5,7,10-13,16-19H,3-4,6,8-9,14-15,20H2,1-2H3/b7-5+,12-10+,13-11+,18-16+,19-17+. The van der Waals surface area contributed by atoms with E-state index in [-0.39, 0.29) is 0 Å². The van der Waals surface area contributed by atoms with E-state index in [0.717, 1.165) is 32.1 Å². The van der Waals surface area contributed by atoms with Crippen LogP contribution in [0.4, 0.5) is 0 Å². The Morgan fingerprint density at radius 3 is 1.30 bits per heavy atom. The van der Waals surface area contributed by atoms with Crippen LogP contribution in [-0.2, 0) is 0 Å². The van der Waals surface area contributed by atoms with Gasteiger partial charge in [-0.1, -0.05) is 87.4 Å². The molecular weight excluding hydrogens is 240 g/mol. The highest BCUT2D eigenvalue weighted by atomic mass is 13.8. The quantitative estimate of drug-likeness (QED) is 0.267. The molecule has 0 aliphatic rings. The van der Waals surface area contributed by atoms with Gasteiger partial charge in [-0.2, -0.15) is 0 Å². The highest BCUT2D eigenvalue weighted by Gasteiger charge is 1.77. The van der Waals surface area contributed by atoms with Crippen LogP contribution in [0.1, 0.15) is 65.2 Å². The minimum atomic E-state index is 1.05. The van der Waals surface area contributed by atoms with Crippen LogP contribution in [0.3, 0.4) is 0 Å². The first kappa shape index (κ1) is 18.7. The fraction of sp³-hybridized carbons (Fsp3) is 0.500. The first-order valence-corrected chi connectivity index (χ1v) is 8.16. The molecular formula is C20H32. The molecule has 0 heteroatoms. The van der Waals surface area contributed by atoms with E-state index < -0.39 is 0 Å². The van der Waals surface area contributed by atoms with Crippen molar-refractivity contribution >= 4 is 0 Å². The summed E-state index contributed by atoms with van der Waals surface area (Å²) in [6, 6.07) is 0. The molecule has 0 unspecified atom stereocenters. The third-order valence-electron chi connectivity index (χ3n) is 2.88. The molecule has 0 heterocycles. The monoisotopic (exact) mass is 272 g/mol. The largest absolute Gasteiger partial charge is 0.0885 e. The maximum absolute atomic E-state index is 2.29. The molecule has 0 atom stereocenters. The molecule has 112 valence electrons. The van der Waals surface area contributed by atoms with E-state index in [0.29, 0.717) is 0 Å². The summed E-state index contributed by atoms with van der Waals surface area (Å²) in [5, 5.41) is 0. The van der Waals surface area contributed by atoms with Crippen LogP contribution >= 0.6 is 0 Å². The van der Waals surface area contributed by atoms with Crippen molar-refractivity contribution in [3.05, 3.63) is 60.8 Å². The Bertz CT molecular complexity index is 313. The summed E-state index contributed by atoms with van der Waals surface area (Å²) < 4.78 is 0. The third kappa shape index (κ3) is 16.7. The van der Waals surface area contributed by atoms with Crippen molar-refractivity contribution in [1.82, 2.24) is 0 Å². The van der Waals surface area contributed by atoms with Crippen LogP contribution in [0.5, 0.6) is 0 Å². The molecule has 0 aliphatic carbocycles. The highest BCUT2D eigenvalue weighted by molar-refractivity contribution is 5.00. The van der Waals surface area contributed by atoms with Crippen molar-refractivity contribution in [2.45, 2.75) is 65.2 Å². The molecule has 0 rings (SSSR count). The number of allylic oxidation sites excluding steroid dienone is 10. The van der Waals surface area contributed by atoms with Gasteiger partial charge in [-0.3, -0.25) is 0 Å². The Morgan fingerprint density at radius 2 is 0.900 bits per heavy atom. The van der Waals surface area contributed by atoms with Crippen LogP contribution in [0.15, 0.2) is 60.8 Å². The van der Waals surface area contributed by atoms with Crippen molar-refractivity contribution < 1.29 is 0 Å². The summed E-state index contributed by atoms with van der Waals surface area (Å²) in [7, 11) is 0. The van der Waals surface area contributed by atoms with Gasteiger partial charge in [0, 0.05) is 0 Å². The topological polar surface area (TPSA) is 0 Å². The molecule has 0 spiro atoms. The Balaban J connectivity index is 3.42. The van der Waals surface area contributed by atoms with Crippen LogP contribution in [-0.4, -0.2) is 0 Å². The molecule has 0 radical (unpaired) electrons. The van der Waals surface area contributed by atoms with Crippen molar-refractivity contribution in [2.24, 2.45) is 0 Å². The summed E-state index contributed by atoms with van der Waals surface area (Å²) in [6.07, 6.45) is 31.6. The Labute approximate surface area is 126 Å². The highest BCUT2D eigenvalue weighted by Crippen LogP contribution is 1.98. The number of rotatable bonds is 12. The van der Waals surface area contributed by atoms with E-state index in [1.807, 2.05) is 0 Å². The molecule has 0 saturated heterocycles. The lowest BCUT2D eigenvalue weighted by atomic mass is 10.2. The Kier molecular flexibility index (Phi) is 16.5. The van der Waals surface area contributed by atoms with Gasteiger partial charge in [-0.15, -0.1) is 0 Å². The second kappa shape index (κ2) is 17.7. The zero-order valence-electron chi connectivity index (χ0n) is 13.4. The average Bonchev–Trinajstić information content (AvgIpc) is 2.47. The predicted molar refractivity (Wildman–Crippen MR) is 94.0 cm³/mol. The van der Waals surface area contributed by atoms with Gasteiger partial charge in [0.1, 0.15) is 0 Å². The smallest absolute Gasteiger partial charge is 0.0169 e. The first-order valence-electron chi connectivity index (χ1n) is 8.16. The fourth-order valence-corrected chi connectivity index (χ4v) is 1.69. The summed E-state index contributed by atoms with van der Waals surface area (Å²) in [4.78, 5) is 0. The summed E-state index contributed by atoms with van der Waals surface area (Å²) in [5.41, 5.74) is 0. The SMILES string of the molecule is CC/C=C/C/C=C/C/C=C/C/C=C/C/C=C/CCCC. The lowest BCUT2D eigenvalue weighted by molar-refractivity contribution is 0.813. The molecule has 0 nitrogen and oxygen atoms in total. The molecule has 0 aliphatic heterocycles. The van der Waals surface area contributed by atoms with Crippen molar-refractivity contribution in [1.29, 1.82) is 0 Å². The van der Waals surface area contributed by atoms with Crippen LogP contribution in [0.25, 0.3) is 0 Å². The molecule has 0 bridgehead atoms. The molecule has 0 aromatic carbocycles. The van der Waals surface area contributed by atoms with Gasteiger partial charge in [-0.25, -0.2) is 0 Å². The minimum Gasteiger partial charge on any atom is -0.0885 e. The molecule has 0 amide bonds. The van der Waals surface area contributed by atoms with E-state index in [1.54, 1.807) is 0 Å².